The van der Waals surface area contributed by atoms with Crippen molar-refractivity contribution in [1.29, 1.82) is 0 Å². The molecule has 1 saturated heterocycles. The van der Waals surface area contributed by atoms with Crippen molar-refractivity contribution in [2.75, 3.05) is 19.7 Å². The molecule has 0 radical (unpaired) electrons. The smallest absolute Gasteiger partial charge is 0.339 e. The molecule has 8 heteroatoms. The van der Waals surface area contributed by atoms with Crippen LogP contribution >= 0.6 is 0 Å². The maximum absolute atomic E-state index is 12.0. The standard InChI is InChI=1S/C11H19N3O5/c1-8(10(17)14-5-3-2-4-6-14)12-11(18)13-19-7-9(15)16/h8H,2-7H2,1H3,(H,15,16)(H2,12,13,18). The van der Waals surface area contributed by atoms with Crippen LogP contribution in [0.4, 0.5) is 4.79 Å². The summed E-state index contributed by atoms with van der Waals surface area (Å²) in [5, 5.41) is 10.7. The molecule has 0 aliphatic carbocycles. The van der Waals surface area contributed by atoms with Gasteiger partial charge in [-0.3, -0.25) is 9.63 Å². The molecule has 0 saturated carbocycles. The van der Waals surface area contributed by atoms with Crippen LogP contribution in [0, 0.1) is 0 Å². The van der Waals surface area contributed by atoms with Crippen LogP contribution in [0.1, 0.15) is 26.2 Å². The van der Waals surface area contributed by atoms with Crippen LogP contribution in [-0.4, -0.2) is 53.7 Å². The summed E-state index contributed by atoms with van der Waals surface area (Å²) in [7, 11) is 0. The first kappa shape index (κ1) is 15.2. The lowest BCUT2D eigenvalue weighted by Gasteiger charge is -2.29. The van der Waals surface area contributed by atoms with Crippen molar-refractivity contribution in [3.05, 3.63) is 0 Å². The number of urea groups is 1. The van der Waals surface area contributed by atoms with Crippen molar-refractivity contribution in [1.82, 2.24) is 15.7 Å². The number of nitrogens with one attached hydrogen (secondary N) is 2. The van der Waals surface area contributed by atoms with E-state index >= 15 is 0 Å². The first-order valence-corrected chi connectivity index (χ1v) is 6.19. The fourth-order valence-corrected chi connectivity index (χ4v) is 1.84. The quantitative estimate of drug-likeness (QED) is 0.596. The van der Waals surface area contributed by atoms with Gasteiger partial charge in [0.1, 0.15) is 6.04 Å². The number of hydrogen-bond donors (Lipinski definition) is 3. The molecule has 3 amide bonds. The zero-order chi connectivity index (χ0) is 14.3. The fourth-order valence-electron chi connectivity index (χ4n) is 1.84. The number of nitrogens with zero attached hydrogens (tertiary/aromatic N) is 1. The van der Waals surface area contributed by atoms with Crippen LogP contribution in [0.15, 0.2) is 0 Å². The summed E-state index contributed by atoms with van der Waals surface area (Å²) in [6.45, 7) is 2.36. The molecular weight excluding hydrogens is 254 g/mol. The van der Waals surface area contributed by atoms with Gasteiger partial charge in [-0.25, -0.2) is 15.1 Å². The molecule has 0 bridgehead atoms. The molecule has 1 atom stereocenters. The third-order valence-electron chi connectivity index (χ3n) is 2.75. The van der Waals surface area contributed by atoms with E-state index in [0.29, 0.717) is 13.1 Å². The molecule has 0 aromatic rings. The second-order valence-corrected chi connectivity index (χ2v) is 4.37. The van der Waals surface area contributed by atoms with Gasteiger partial charge in [-0.2, -0.15) is 0 Å². The van der Waals surface area contributed by atoms with E-state index in [4.69, 9.17) is 5.11 Å². The predicted octanol–water partition coefficient (Wildman–Crippen LogP) is -0.297. The Labute approximate surface area is 111 Å². The van der Waals surface area contributed by atoms with E-state index in [0.717, 1.165) is 19.3 Å². The number of carboxylic acid groups (broad SMARTS) is 1. The number of hydroxylamine groups is 1. The molecule has 19 heavy (non-hydrogen) atoms. The molecule has 1 rings (SSSR count). The van der Waals surface area contributed by atoms with Gasteiger partial charge in [0.05, 0.1) is 0 Å². The van der Waals surface area contributed by atoms with E-state index < -0.39 is 24.6 Å². The second kappa shape index (κ2) is 7.57. The second-order valence-electron chi connectivity index (χ2n) is 4.37. The number of carboxylic acids is 1. The highest BCUT2D eigenvalue weighted by Crippen LogP contribution is 2.09. The van der Waals surface area contributed by atoms with E-state index in [-0.39, 0.29) is 5.91 Å². The molecule has 1 unspecified atom stereocenters. The zero-order valence-electron chi connectivity index (χ0n) is 10.8. The van der Waals surface area contributed by atoms with Crippen LogP contribution in [0.25, 0.3) is 0 Å². The molecule has 0 spiro atoms. The van der Waals surface area contributed by atoms with Gasteiger partial charge in [-0.05, 0) is 26.2 Å². The van der Waals surface area contributed by atoms with E-state index in [1.54, 1.807) is 11.8 Å². The number of carbonyl (C=O) groups is 3. The maximum atomic E-state index is 12.0. The van der Waals surface area contributed by atoms with Gasteiger partial charge in [-0.1, -0.05) is 0 Å². The first-order valence-electron chi connectivity index (χ1n) is 6.19. The summed E-state index contributed by atoms with van der Waals surface area (Å²) >= 11 is 0. The molecule has 8 nitrogen and oxygen atoms in total. The van der Waals surface area contributed by atoms with Crippen molar-refractivity contribution in [3.8, 4) is 0 Å². The van der Waals surface area contributed by atoms with Gasteiger partial charge in [0.25, 0.3) is 0 Å². The monoisotopic (exact) mass is 273 g/mol. The third kappa shape index (κ3) is 5.56. The molecule has 0 aromatic carbocycles. The Morgan fingerprint density at radius 3 is 2.47 bits per heavy atom. The van der Waals surface area contributed by atoms with Gasteiger partial charge in [-0.15, -0.1) is 0 Å². The zero-order valence-corrected chi connectivity index (χ0v) is 10.8. The molecule has 1 heterocycles. The average Bonchev–Trinajstić information content (AvgIpc) is 2.38. The Morgan fingerprint density at radius 2 is 1.89 bits per heavy atom. The number of rotatable bonds is 5. The van der Waals surface area contributed by atoms with Crippen molar-refractivity contribution >= 4 is 17.9 Å². The number of hydrogen-bond acceptors (Lipinski definition) is 4. The highest BCUT2D eigenvalue weighted by atomic mass is 16.7. The van der Waals surface area contributed by atoms with E-state index in [9.17, 15) is 14.4 Å². The highest BCUT2D eigenvalue weighted by Gasteiger charge is 2.23. The van der Waals surface area contributed by atoms with Crippen LogP contribution in [0.3, 0.4) is 0 Å². The van der Waals surface area contributed by atoms with E-state index in [1.165, 1.54) is 0 Å². The molecule has 3 N–H and O–H groups in total. The Morgan fingerprint density at radius 1 is 1.26 bits per heavy atom. The van der Waals surface area contributed by atoms with Crippen molar-refractivity contribution in [2.45, 2.75) is 32.2 Å². The summed E-state index contributed by atoms with van der Waals surface area (Å²) in [5.41, 5.74) is 1.90. The van der Waals surface area contributed by atoms with Gasteiger partial charge in [0.2, 0.25) is 5.91 Å². The lowest BCUT2D eigenvalue weighted by atomic mass is 10.1. The minimum absolute atomic E-state index is 0.145. The van der Waals surface area contributed by atoms with Crippen LogP contribution in [0.2, 0.25) is 0 Å². The number of aliphatic carboxylic acids is 1. The van der Waals surface area contributed by atoms with Gasteiger partial charge in [0.15, 0.2) is 6.61 Å². The van der Waals surface area contributed by atoms with Crippen LogP contribution in [0.5, 0.6) is 0 Å². The summed E-state index contributed by atoms with van der Waals surface area (Å²) in [5.74, 6) is -1.34. The van der Waals surface area contributed by atoms with Crippen molar-refractivity contribution in [3.63, 3.8) is 0 Å². The molecular formula is C11H19N3O5. The Kier molecular flexibility index (Phi) is 6.07. The molecule has 1 aliphatic rings. The predicted molar refractivity (Wildman–Crippen MR) is 65.1 cm³/mol. The summed E-state index contributed by atoms with van der Waals surface area (Å²) in [6, 6.07) is -1.41. The molecule has 1 fully saturated rings. The lowest BCUT2D eigenvalue weighted by Crippen LogP contribution is -2.51. The average molecular weight is 273 g/mol. The van der Waals surface area contributed by atoms with E-state index in [1.807, 2.05) is 5.48 Å². The van der Waals surface area contributed by atoms with Gasteiger partial charge >= 0.3 is 12.0 Å². The minimum Gasteiger partial charge on any atom is -0.479 e. The highest BCUT2D eigenvalue weighted by molar-refractivity contribution is 5.86. The topological polar surface area (TPSA) is 108 Å². The van der Waals surface area contributed by atoms with Gasteiger partial charge in [0, 0.05) is 13.1 Å². The summed E-state index contributed by atoms with van der Waals surface area (Å²) in [4.78, 5) is 39.5. The summed E-state index contributed by atoms with van der Waals surface area (Å²) < 4.78 is 0. The van der Waals surface area contributed by atoms with Crippen LogP contribution < -0.4 is 10.8 Å². The Hall–Kier alpha value is -1.83. The first-order chi connectivity index (χ1) is 9.00. The number of piperidine rings is 1. The van der Waals surface area contributed by atoms with Crippen LogP contribution in [-0.2, 0) is 14.4 Å². The van der Waals surface area contributed by atoms with Gasteiger partial charge < -0.3 is 15.3 Å². The third-order valence-corrected chi connectivity index (χ3v) is 2.75. The number of carbonyl (C=O) groups excluding carboxylic acids is 2. The Balaban J connectivity index is 2.28. The molecule has 0 aromatic heterocycles. The van der Waals surface area contributed by atoms with E-state index in [2.05, 4.69) is 10.2 Å². The maximum Gasteiger partial charge on any atom is 0.339 e. The fraction of sp³-hybridized carbons (Fsp3) is 0.727. The molecule has 1 aliphatic heterocycles. The largest absolute Gasteiger partial charge is 0.479 e. The SMILES string of the molecule is CC(NC(=O)NOCC(=O)O)C(=O)N1CCCCC1. The Bertz CT molecular complexity index is 341. The normalized spacial score (nSPS) is 16.6. The molecule has 108 valence electrons. The van der Waals surface area contributed by atoms with Crippen molar-refractivity contribution in [2.24, 2.45) is 0 Å². The van der Waals surface area contributed by atoms with Crippen molar-refractivity contribution < 1.29 is 24.3 Å². The summed E-state index contributed by atoms with van der Waals surface area (Å²) in [6.07, 6.45) is 3.08. The number of likely N-dealkylation sites (tertiary alicyclic amines) is 1. The lowest BCUT2D eigenvalue weighted by molar-refractivity contribution is -0.144. The number of amides is 3. The minimum atomic E-state index is -1.20.